The number of thiophene rings is 1. The van der Waals surface area contributed by atoms with Crippen LogP contribution in [0.3, 0.4) is 0 Å². The van der Waals surface area contributed by atoms with Crippen LogP contribution in [0.2, 0.25) is 4.34 Å². The molecule has 19 heavy (non-hydrogen) atoms. The van der Waals surface area contributed by atoms with Crippen molar-refractivity contribution in [1.82, 2.24) is 4.90 Å². The maximum Gasteiger partial charge on any atom is 0.0931 e. The third-order valence-corrected chi connectivity index (χ3v) is 5.73. The van der Waals surface area contributed by atoms with Gasteiger partial charge in [0.1, 0.15) is 0 Å². The maximum atomic E-state index is 6.28. The van der Waals surface area contributed by atoms with Gasteiger partial charge in [-0.1, -0.05) is 24.4 Å². The van der Waals surface area contributed by atoms with Gasteiger partial charge in [0.05, 0.1) is 4.34 Å². The second-order valence-corrected chi connectivity index (χ2v) is 7.76. The number of nitrogens with zero attached hydrogens (tertiary/aromatic N) is 1. The van der Waals surface area contributed by atoms with Gasteiger partial charge in [-0.15, -0.1) is 11.3 Å². The third kappa shape index (κ3) is 3.52. The maximum absolute atomic E-state index is 6.28. The molecule has 4 heteroatoms. The molecule has 1 saturated heterocycles. The van der Waals surface area contributed by atoms with E-state index >= 15 is 0 Å². The fraction of sp³-hybridized carbons (Fsp3) is 0.733. The van der Waals surface area contributed by atoms with Crippen LogP contribution in [-0.4, -0.2) is 30.1 Å². The molecule has 1 aromatic heterocycles. The molecular formula is C15H23ClN2S. The highest BCUT2D eigenvalue weighted by Gasteiger charge is 2.31. The Hall–Kier alpha value is -0.0900. The molecular weight excluding hydrogens is 276 g/mol. The van der Waals surface area contributed by atoms with Crippen molar-refractivity contribution in [3.8, 4) is 0 Å². The Bertz CT molecular complexity index is 414. The SMILES string of the molecule is NC1CC(Cc2csc(Cl)c2)CN(C2CCCC2)C1. The summed E-state index contributed by atoms with van der Waals surface area (Å²) in [6.45, 7) is 2.33. The third-order valence-electron chi connectivity index (χ3n) is 4.59. The second-order valence-electron chi connectivity index (χ2n) is 6.22. The first kappa shape index (κ1) is 13.9. The summed E-state index contributed by atoms with van der Waals surface area (Å²) in [5, 5.41) is 2.20. The molecule has 1 aromatic rings. The Morgan fingerprint density at radius 2 is 2.11 bits per heavy atom. The molecule has 2 unspecified atom stereocenters. The van der Waals surface area contributed by atoms with Gasteiger partial charge in [-0.2, -0.15) is 0 Å². The van der Waals surface area contributed by atoms with E-state index in [0.29, 0.717) is 12.0 Å². The van der Waals surface area contributed by atoms with Crippen molar-refractivity contribution in [3.63, 3.8) is 0 Å². The van der Waals surface area contributed by atoms with Crippen molar-refractivity contribution in [1.29, 1.82) is 0 Å². The lowest BCUT2D eigenvalue weighted by Gasteiger charge is -2.39. The van der Waals surface area contributed by atoms with Gasteiger partial charge in [0.2, 0.25) is 0 Å². The summed E-state index contributed by atoms with van der Waals surface area (Å²) in [6, 6.07) is 3.28. The van der Waals surface area contributed by atoms with E-state index in [1.807, 2.05) is 0 Å². The van der Waals surface area contributed by atoms with Crippen LogP contribution in [0.1, 0.15) is 37.7 Å². The zero-order chi connectivity index (χ0) is 13.2. The van der Waals surface area contributed by atoms with Crippen LogP contribution in [0.5, 0.6) is 0 Å². The van der Waals surface area contributed by atoms with Crippen molar-refractivity contribution in [2.45, 2.75) is 50.6 Å². The monoisotopic (exact) mass is 298 g/mol. The Kier molecular flexibility index (Phi) is 4.47. The number of likely N-dealkylation sites (tertiary alicyclic amines) is 1. The van der Waals surface area contributed by atoms with Gasteiger partial charge < -0.3 is 5.73 Å². The summed E-state index contributed by atoms with van der Waals surface area (Å²) in [5.74, 6) is 0.704. The van der Waals surface area contributed by atoms with Gasteiger partial charge in [0.25, 0.3) is 0 Å². The van der Waals surface area contributed by atoms with Crippen LogP contribution in [0.4, 0.5) is 0 Å². The number of hydrogen-bond donors (Lipinski definition) is 1. The van der Waals surface area contributed by atoms with Gasteiger partial charge in [-0.25, -0.2) is 0 Å². The lowest BCUT2D eigenvalue weighted by molar-refractivity contribution is 0.111. The summed E-state index contributed by atoms with van der Waals surface area (Å²) in [6.07, 6.45) is 7.87. The Morgan fingerprint density at radius 1 is 1.32 bits per heavy atom. The molecule has 1 aliphatic heterocycles. The van der Waals surface area contributed by atoms with Crippen LogP contribution in [-0.2, 0) is 6.42 Å². The molecule has 0 spiro atoms. The first-order chi connectivity index (χ1) is 9.20. The quantitative estimate of drug-likeness (QED) is 0.925. The minimum absolute atomic E-state index is 0.355. The summed E-state index contributed by atoms with van der Waals surface area (Å²) in [4.78, 5) is 2.67. The number of piperidine rings is 1. The van der Waals surface area contributed by atoms with Crippen LogP contribution in [0, 0.1) is 5.92 Å². The zero-order valence-electron chi connectivity index (χ0n) is 11.4. The van der Waals surface area contributed by atoms with E-state index in [2.05, 4.69) is 16.3 Å². The van der Waals surface area contributed by atoms with Crippen molar-refractivity contribution in [2.24, 2.45) is 11.7 Å². The Balaban J connectivity index is 1.61. The predicted octanol–water partition coefficient (Wildman–Crippen LogP) is 3.54. The Labute approximate surface area is 124 Å². The lowest BCUT2D eigenvalue weighted by atomic mass is 9.89. The molecule has 0 radical (unpaired) electrons. The van der Waals surface area contributed by atoms with E-state index in [4.69, 9.17) is 17.3 Å². The normalized spacial score (nSPS) is 30.0. The van der Waals surface area contributed by atoms with Crippen molar-refractivity contribution in [2.75, 3.05) is 13.1 Å². The fourth-order valence-electron chi connectivity index (χ4n) is 3.79. The predicted molar refractivity (Wildman–Crippen MR) is 82.9 cm³/mol. The highest BCUT2D eigenvalue weighted by atomic mass is 35.5. The molecule has 2 nitrogen and oxygen atoms in total. The molecule has 106 valence electrons. The lowest BCUT2D eigenvalue weighted by Crippen LogP contribution is -2.50. The highest BCUT2D eigenvalue weighted by molar-refractivity contribution is 7.14. The highest BCUT2D eigenvalue weighted by Crippen LogP contribution is 2.30. The number of nitrogens with two attached hydrogens (primary N) is 1. The van der Waals surface area contributed by atoms with E-state index in [1.54, 1.807) is 11.3 Å². The summed E-state index contributed by atoms with van der Waals surface area (Å²) in [7, 11) is 0. The van der Waals surface area contributed by atoms with Crippen LogP contribution < -0.4 is 5.73 Å². The van der Waals surface area contributed by atoms with E-state index in [-0.39, 0.29) is 0 Å². The van der Waals surface area contributed by atoms with E-state index < -0.39 is 0 Å². The number of hydrogen-bond acceptors (Lipinski definition) is 3. The largest absolute Gasteiger partial charge is 0.327 e. The first-order valence-electron chi connectivity index (χ1n) is 7.43. The molecule has 2 atom stereocenters. The second kappa shape index (κ2) is 6.13. The van der Waals surface area contributed by atoms with Crippen molar-refractivity contribution >= 4 is 22.9 Å². The minimum Gasteiger partial charge on any atom is -0.327 e. The summed E-state index contributed by atoms with van der Waals surface area (Å²) < 4.78 is 0.905. The molecule has 1 saturated carbocycles. The van der Waals surface area contributed by atoms with Gasteiger partial charge in [0, 0.05) is 25.2 Å². The molecule has 0 bridgehead atoms. The molecule has 1 aliphatic carbocycles. The fourth-order valence-corrected chi connectivity index (χ4v) is 4.71. The van der Waals surface area contributed by atoms with E-state index in [9.17, 15) is 0 Å². The zero-order valence-corrected chi connectivity index (χ0v) is 12.9. The molecule has 0 aromatic carbocycles. The van der Waals surface area contributed by atoms with Gasteiger partial charge in [-0.05, 0) is 48.6 Å². The van der Waals surface area contributed by atoms with Gasteiger partial charge in [0.15, 0.2) is 0 Å². The number of rotatable bonds is 3. The molecule has 2 N–H and O–H groups in total. The first-order valence-corrected chi connectivity index (χ1v) is 8.69. The molecule has 2 heterocycles. The van der Waals surface area contributed by atoms with Gasteiger partial charge in [-0.3, -0.25) is 4.90 Å². The topological polar surface area (TPSA) is 29.3 Å². The Morgan fingerprint density at radius 3 is 2.79 bits per heavy atom. The minimum atomic E-state index is 0.355. The van der Waals surface area contributed by atoms with Crippen molar-refractivity contribution in [3.05, 3.63) is 21.3 Å². The summed E-state index contributed by atoms with van der Waals surface area (Å²) >= 11 is 7.66. The number of halogens is 1. The van der Waals surface area contributed by atoms with Crippen molar-refractivity contribution < 1.29 is 0 Å². The summed E-state index contributed by atoms with van der Waals surface area (Å²) in [5.41, 5.74) is 7.67. The van der Waals surface area contributed by atoms with Gasteiger partial charge >= 0.3 is 0 Å². The van der Waals surface area contributed by atoms with E-state index in [1.165, 1.54) is 37.8 Å². The molecule has 2 aliphatic rings. The molecule has 3 rings (SSSR count). The average Bonchev–Trinajstić information content (AvgIpc) is 3.00. The smallest absolute Gasteiger partial charge is 0.0931 e. The molecule has 2 fully saturated rings. The average molecular weight is 299 g/mol. The van der Waals surface area contributed by atoms with E-state index in [0.717, 1.165) is 29.8 Å². The van der Waals surface area contributed by atoms with Crippen LogP contribution in [0.25, 0.3) is 0 Å². The van der Waals surface area contributed by atoms with Crippen LogP contribution >= 0.6 is 22.9 Å². The standard InChI is InChI=1S/C15H23ClN2S/c16-15-7-12(10-19-15)5-11-6-13(17)9-18(8-11)14-3-1-2-4-14/h7,10-11,13-14H,1-6,8-9,17H2. The van der Waals surface area contributed by atoms with Crippen LogP contribution in [0.15, 0.2) is 11.4 Å². The molecule has 0 amide bonds.